The first-order valence-corrected chi connectivity index (χ1v) is 8.74. The third-order valence-corrected chi connectivity index (χ3v) is 5.32. The van der Waals surface area contributed by atoms with E-state index in [1.165, 1.54) is 6.07 Å². The van der Waals surface area contributed by atoms with Gasteiger partial charge in [0.05, 0.1) is 5.56 Å². The van der Waals surface area contributed by atoms with Gasteiger partial charge in [-0.05, 0) is 31.4 Å². The van der Waals surface area contributed by atoms with Crippen molar-refractivity contribution >= 4 is 17.7 Å². The first-order valence-electron chi connectivity index (χ1n) is 8.74. The molecule has 0 bridgehead atoms. The lowest BCUT2D eigenvalue weighted by Gasteiger charge is -2.39. The number of hydrogen-bond donors (Lipinski definition) is 1. The molecule has 0 atom stereocenters. The summed E-state index contributed by atoms with van der Waals surface area (Å²) in [5.41, 5.74) is 0.316. The van der Waals surface area contributed by atoms with Crippen LogP contribution in [0.1, 0.15) is 36.0 Å². The molecule has 1 aromatic rings. The van der Waals surface area contributed by atoms with E-state index in [-0.39, 0.29) is 16.9 Å². The van der Waals surface area contributed by atoms with Crippen LogP contribution < -0.4 is 4.90 Å². The van der Waals surface area contributed by atoms with E-state index in [1.54, 1.807) is 19.4 Å². The number of carbonyl (C=O) groups excluding carboxylic acids is 1. The number of ether oxygens (including phenoxy) is 1. The normalized spacial score (nSPS) is 19.6. The fourth-order valence-electron chi connectivity index (χ4n) is 3.85. The van der Waals surface area contributed by atoms with Crippen molar-refractivity contribution in [3.8, 4) is 0 Å². The van der Waals surface area contributed by atoms with Gasteiger partial charge in [0.2, 0.25) is 5.91 Å². The Morgan fingerprint density at radius 2 is 2.16 bits per heavy atom. The van der Waals surface area contributed by atoms with Crippen molar-refractivity contribution in [2.24, 2.45) is 5.41 Å². The van der Waals surface area contributed by atoms with E-state index in [0.717, 1.165) is 45.4 Å². The molecule has 2 fully saturated rings. The van der Waals surface area contributed by atoms with Crippen molar-refractivity contribution in [3.63, 3.8) is 0 Å². The number of anilines is 1. The molecule has 1 spiro atoms. The molecule has 7 nitrogen and oxygen atoms in total. The molecule has 0 saturated carbocycles. The largest absolute Gasteiger partial charge is 0.478 e. The number of likely N-dealkylation sites (tertiary alicyclic amines) is 1. The number of carbonyl (C=O) groups is 2. The predicted octanol–water partition coefficient (Wildman–Crippen LogP) is 1.64. The van der Waals surface area contributed by atoms with Crippen molar-refractivity contribution in [2.45, 2.75) is 25.7 Å². The van der Waals surface area contributed by atoms with E-state index in [2.05, 4.69) is 9.88 Å². The SMILES string of the molecule is COCCCN1CC2(CCN(c3cc(C(=O)O)ccn3)CC2)CC1=O. The molecule has 1 aromatic heterocycles. The zero-order valence-electron chi connectivity index (χ0n) is 14.6. The smallest absolute Gasteiger partial charge is 0.335 e. The van der Waals surface area contributed by atoms with Gasteiger partial charge in [-0.25, -0.2) is 9.78 Å². The maximum absolute atomic E-state index is 12.3. The average Bonchev–Trinajstić information content (AvgIpc) is 2.91. The number of piperidine rings is 1. The first kappa shape index (κ1) is 17.7. The molecule has 1 amide bonds. The highest BCUT2D eigenvalue weighted by atomic mass is 16.5. The number of hydrogen-bond acceptors (Lipinski definition) is 5. The Morgan fingerprint density at radius 1 is 1.40 bits per heavy atom. The van der Waals surface area contributed by atoms with Gasteiger partial charge in [-0.1, -0.05) is 0 Å². The van der Waals surface area contributed by atoms with Crippen LogP contribution in [0.5, 0.6) is 0 Å². The van der Waals surface area contributed by atoms with Crippen LogP contribution in [0.15, 0.2) is 18.3 Å². The van der Waals surface area contributed by atoms with Crippen LogP contribution >= 0.6 is 0 Å². The van der Waals surface area contributed by atoms with Crippen LogP contribution in [-0.4, -0.2) is 66.8 Å². The van der Waals surface area contributed by atoms with Crippen LogP contribution in [0.4, 0.5) is 5.82 Å². The molecule has 0 aliphatic carbocycles. The lowest BCUT2D eigenvalue weighted by atomic mass is 9.77. The molecular weight excluding hydrogens is 322 g/mol. The molecule has 7 heteroatoms. The van der Waals surface area contributed by atoms with Crippen LogP contribution in [0.3, 0.4) is 0 Å². The van der Waals surface area contributed by atoms with Crippen molar-refractivity contribution in [1.29, 1.82) is 0 Å². The van der Waals surface area contributed by atoms with E-state index in [1.807, 2.05) is 4.90 Å². The summed E-state index contributed by atoms with van der Waals surface area (Å²) in [6.07, 6.45) is 4.89. The van der Waals surface area contributed by atoms with Crippen molar-refractivity contribution < 1.29 is 19.4 Å². The Hall–Kier alpha value is -2.15. The lowest BCUT2D eigenvalue weighted by Crippen LogP contribution is -2.42. The highest BCUT2D eigenvalue weighted by Crippen LogP contribution is 2.41. The quantitative estimate of drug-likeness (QED) is 0.788. The molecule has 2 saturated heterocycles. The number of nitrogens with zero attached hydrogens (tertiary/aromatic N) is 3. The molecule has 3 rings (SSSR count). The van der Waals surface area contributed by atoms with E-state index >= 15 is 0 Å². The van der Waals surface area contributed by atoms with Crippen molar-refractivity contribution in [1.82, 2.24) is 9.88 Å². The summed E-state index contributed by atoms with van der Waals surface area (Å²) in [6, 6.07) is 3.13. The predicted molar refractivity (Wildman–Crippen MR) is 92.8 cm³/mol. The highest BCUT2D eigenvalue weighted by Gasteiger charge is 2.44. The maximum Gasteiger partial charge on any atom is 0.335 e. The van der Waals surface area contributed by atoms with Gasteiger partial charge in [0.25, 0.3) is 0 Å². The van der Waals surface area contributed by atoms with Gasteiger partial charge in [-0.15, -0.1) is 0 Å². The molecule has 0 aromatic carbocycles. The van der Waals surface area contributed by atoms with Crippen LogP contribution in [0, 0.1) is 5.41 Å². The molecule has 0 radical (unpaired) electrons. The van der Waals surface area contributed by atoms with Gasteiger partial charge in [0, 0.05) is 57.9 Å². The zero-order chi connectivity index (χ0) is 17.9. The highest BCUT2D eigenvalue weighted by molar-refractivity contribution is 5.88. The van der Waals surface area contributed by atoms with Crippen LogP contribution in [0.25, 0.3) is 0 Å². The lowest BCUT2D eigenvalue weighted by molar-refractivity contribution is -0.128. The minimum atomic E-state index is -0.940. The van der Waals surface area contributed by atoms with Crippen molar-refractivity contribution in [2.75, 3.05) is 44.8 Å². The number of amides is 1. The van der Waals surface area contributed by atoms with E-state index in [9.17, 15) is 9.59 Å². The minimum Gasteiger partial charge on any atom is -0.478 e. The number of carboxylic acid groups (broad SMARTS) is 1. The summed E-state index contributed by atoms with van der Waals surface area (Å²) >= 11 is 0. The Kier molecular flexibility index (Phi) is 5.22. The second kappa shape index (κ2) is 7.39. The molecule has 136 valence electrons. The molecule has 2 aliphatic rings. The number of methoxy groups -OCH3 is 1. The van der Waals surface area contributed by atoms with E-state index < -0.39 is 5.97 Å². The van der Waals surface area contributed by atoms with Gasteiger partial charge >= 0.3 is 5.97 Å². The molecule has 1 N–H and O–H groups in total. The third-order valence-electron chi connectivity index (χ3n) is 5.32. The zero-order valence-corrected chi connectivity index (χ0v) is 14.6. The van der Waals surface area contributed by atoms with E-state index in [0.29, 0.717) is 18.8 Å². The van der Waals surface area contributed by atoms with Crippen LogP contribution in [0.2, 0.25) is 0 Å². The van der Waals surface area contributed by atoms with E-state index in [4.69, 9.17) is 9.84 Å². The van der Waals surface area contributed by atoms with Gasteiger partial charge in [-0.2, -0.15) is 0 Å². The Bertz CT molecular complexity index is 641. The number of rotatable bonds is 6. The fourth-order valence-corrected chi connectivity index (χ4v) is 3.85. The van der Waals surface area contributed by atoms with Gasteiger partial charge in [-0.3, -0.25) is 4.79 Å². The van der Waals surface area contributed by atoms with Gasteiger partial charge in [0.15, 0.2) is 0 Å². The topological polar surface area (TPSA) is 83.0 Å². The number of aromatic carboxylic acids is 1. The average molecular weight is 347 g/mol. The second-order valence-electron chi connectivity index (χ2n) is 7.03. The van der Waals surface area contributed by atoms with Crippen molar-refractivity contribution in [3.05, 3.63) is 23.9 Å². The maximum atomic E-state index is 12.3. The summed E-state index contributed by atoms with van der Waals surface area (Å²) in [6.45, 7) is 3.87. The summed E-state index contributed by atoms with van der Waals surface area (Å²) in [5.74, 6) is 0.0109. The summed E-state index contributed by atoms with van der Waals surface area (Å²) in [5, 5.41) is 9.12. The van der Waals surface area contributed by atoms with Gasteiger partial charge < -0.3 is 19.6 Å². The number of aromatic nitrogens is 1. The number of pyridine rings is 1. The summed E-state index contributed by atoms with van der Waals surface area (Å²) < 4.78 is 5.07. The Labute approximate surface area is 147 Å². The monoisotopic (exact) mass is 347 g/mol. The minimum absolute atomic E-state index is 0.0606. The number of carboxylic acids is 1. The molecule has 0 unspecified atom stereocenters. The third kappa shape index (κ3) is 3.92. The fraction of sp³-hybridized carbons (Fsp3) is 0.611. The first-order chi connectivity index (χ1) is 12.0. The molecular formula is C18H25N3O4. The van der Waals surface area contributed by atoms with Gasteiger partial charge in [0.1, 0.15) is 5.82 Å². The summed E-state index contributed by atoms with van der Waals surface area (Å²) in [4.78, 5) is 31.8. The Morgan fingerprint density at radius 3 is 2.84 bits per heavy atom. The van der Waals surface area contributed by atoms with Crippen LogP contribution in [-0.2, 0) is 9.53 Å². The summed E-state index contributed by atoms with van der Waals surface area (Å²) in [7, 11) is 1.68. The molecule has 3 heterocycles. The molecule has 2 aliphatic heterocycles. The Balaban J connectivity index is 1.59. The second-order valence-corrected chi connectivity index (χ2v) is 7.03. The molecule has 25 heavy (non-hydrogen) atoms. The standard InChI is InChI=1S/C18H25N3O4/c1-25-10-2-7-21-13-18(12-16(21)22)4-8-20(9-5-18)15-11-14(17(23)24)3-6-19-15/h3,6,11H,2,4-5,7-10,12-13H2,1H3,(H,23,24).